The van der Waals surface area contributed by atoms with Gasteiger partial charge in [-0.2, -0.15) is 5.26 Å². The fourth-order valence-corrected chi connectivity index (χ4v) is 4.30. The summed E-state index contributed by atoms with van der Waals surface area (Å²) >= 11 is 0. The highest BCUT2D eigenvalue weighted by molar-refractivity contribution is 5.68. The van der Waals surface area contributed by atoms with Gasteiger partial charge in [0, 0.05) is 37.6 Å². The molecule has 1 saturated heterocycles. The zero-order valence-corrected chi connectivity index (χ0v) is 21.8. The lowest BCUT2D eigenvalue weighted by molar-refractivity contribution is 0.0342. The molecule has 0 aliphatic carbocycles. The number of benzene rings is 2. The molecule has 5 rings (SSSR count). The number of hydrogen-bond donors (Lipinski definition) is 1. The monoisotopic (exact) mass is 527 g/mol. The normalized spacial score (nSPS) is 14.4. The summed E-state index contributed by atoms with van der Waals surface area (Å²) in [7, 11) is 1.64. The van der Waals surface area contributed by atoms with Crippen LogP contribution in [0.2, 0.25) is 0 Å². The topological polar surface area (TPSA) is 136 Å². The SMILES string of the molecule is COc1ccc(CN2CCOCC2)cc1Nc1ncc(-c2ccc(C#N)c(OC(C)Cn3cnnn3)c2)cn1. The Bertz CT molecular complexity index is 1420. The lowest BCUT2D eigenvalue weighted by Gasteiger charge is -2.26. The molecule has 3 heterocycles. The molecule has 1 unspecified atom stereocenters. The zero-order valence-electron chi connectivity index (χ0n) is 21.8. The Morgan fingerprint density at radius 1 is 1.08 bits per heavy atom. The molecule has 2 aromatic heterocycles. The van der Waals surface area contributed by atoms with E-state index in [4.69, 9.17) is 14.2 Å². The number of aromatic nitrogens is 6. The van der Waals surface area contributed by atoms with Crippen molar-refractivity contribution in [3.63, 3.8) is 0 Å². The standard InChI is InChI=1S/C27H29N9O3/c1-19(16-36-18-31-33-34-36)39-26-12-21(4-5-22(26)13-28)23-14-29-27(30-15-23)32-24-11-20(3-6-25(24)37-2)17-35-7-9-38-10-8-35/h3-6,11-12,14-15,18-19H,7-10,16-17H2,1-2H3,(H,29,30,32). The van der Waals surface area contributed by atoms with E-state index in [9.17, 15) is 5.26 Å². The number of morpholine rings is 1. The van der Waals surface area contributed by atoms with Crippen LogP contribution in [-0.2, 0) is 17.8 Å². The largest absolute Gasteiger partial charge is 0.495 e. The van der Waals surface area contributed by atoms with Gasteiger partial charge in [0.15, 0.2) is 0 Å². The molecule has 1 fully saturated rings. The second kappa shape index (κ2) is 12.3. The van der Waals surface area contributed by atoms with E-state index < -0.39 is 0 Å². The molecule has 0 radical (unpaired) electrons. The number of nitriles is 1. The highest BCUT2D eigenvalue weighted by Gasteiger charge is 2.14. The summed E-state index contributed by atoms with van der Waals surface area (Å²) in [6.07, 6.45) is 4.72. The van der Waals surface area contributed by atoms with Crippen LogP contribution in [0.3, 0.4) is 0 Å². The molecule has 39 heavy (non-hydrogen) atoms. The third-order valence-corrected chi connectivity index (χ3v) is 6.27. The average molecular weight is 528 g/mol. The Morgan fingerprint density at radius 3 is 2.62 bits per heavy atom. The van der Waals surface area contributed by atoms with Crippen molar-refractivity contribution in [3.8, 4) is 28.7 Å². The average Bonchev–Trinajstić information content (AvgIpc) is 3.47. The highest BCUT2D eigenvalue weighted by Crippen LogP contribution is 2.30. The third kappa shape index (κ3) is 6.64. The maximum Gasteiger partial charge on any atom is 0.227 e. The molecular weight excluding hydrogens is 498 g/mol. The Hall–Kier alpha value is -4.60. The van der Waals surface area contributed by atoms with Gasteiger partial charge in [-0.25, -0.2) is 14.6 Å². The van der Waals surface area contributed by atoms with E-state index in [1.165, 1.54) is 6.33 Å². The molecule has 1 atom stereocenters. The summed E-state index contributed by atoms with van der Waals surface area (Å²) < 4.78 is 18.6. The Labute approximate surface area is 226 Å². The predicted octanol–water partition coefficient (Wildman–Crippen LogP) is 3.05. The molecule has 0 amide bonds. The maximum atomic E-state index is 9.56. The molecule has 0 bridgehead atoms. The summed E-state index contributed by atoms with van der Waals surface area (Å²) in [4.78, 5) is 11.4. The van der Waals surface area contributed by atoms with E-state index in [1.807, 2.05) is 25.1 Å². The molecule has 1 aliphatic rings. The van der Waals surface area contributed by atoms with Gasteiger partial charge < -0.3 is 19.5 Å². The Kier molecular flexibility index (Phi) is 8.20. The molecule has 0 saturated carbocycles. The number of ether oxygens (including phenoxy) is 3. The zero-order chi connectivity index (χ0) is 27.0. The van der Waals surface area contributed by atoms with Crippen LogP contribution >= 0.6 is 0 Å². The van der Waals surface area contributed by atoms with E-state index in [2.05, 4.69) is 53.9 Å². The van der Waals surface area contributed by atoms with Gasteiger partial charge in [0.05, 0.1) is 38.1 Å². The minimum Gasteiger partial charge on any atom is -0.495 e. The van der Waals surface area contributed by atoms with Crippen LogP contribution < -0.4 is 14.8 Å². The van der Waals surface area contributed by atoms with Gasteiger partial charge in [0.1, 0.15) is 30.0 Å². The first-order valence-corrected chi connectivity index (χ1v) is 12.6. The van der Waals surface area contributed by atoms with Crippen molar-refractivity contribution in [2.24, 2.45) is 0 Å². The van der Waals surface area contributed by atoms with Crippen LogP contribution in [0.25, 0.3) is 11.1 Å². The van der Waals surface area contributed by atoms with Crippen LogP contribution in [0.5, 0.6) is 11.5 Å². The fourth-order valence-electron chi connectivity index (χ4n) is 4.30. The van der Waals surface area contributed by atoms with E-state index in [-0.39, 0.29) is 6.10 Å². The van der Waals surface area contributed by atoms with Crippen LogP contribution in [0.15, 0.2) is 55.1 Å². The number of tetrazole rings is 1. The highest BCUT2D eigenvalue weighted by atomic mass is 16.5. The van der Waals surface area contributed by atoms with Crippen molar-refractivity contribution in [2.45, 2.75) is 26.1 Å². The van der Waals surface area contributed by atoms with Crippen molar-refractivity contribution in [2.75, 3.05) is 38.7 Å². The quantitative estimate of drug-likeness (QED) is 0.326. The molecule has 12 nitrogen and oxygen atoms in total. The van der Waals surface area contributed by atoms with Gasteiger partial charge in [-0.3, -0.25) is 4.90 Å². The number of anilines is 2. The predicted molar refractivity (Wildman–Crippen MR) is 142 cm³/mol. The van der Waals surface area contributed by atoms with Crippen molar-refractivity contribution in [1.29, 1.82) is 5.26 Å². The van der Waals surface area contributed by atoms with Gasteiger partial charge in [0.25, 0.3) is 0 Å². The molecule has 1 aliphatic heterocycles. The fraction of sp³-hybridized carbons (Fsp3) is 0.333. The van der Waals surface area contributed by atoms with Gasteiger partial charge >= 0.3 is 0 Å². The molecule has 1 N–H and O–H groups in total. The van der Waals surface area contributed by atoms with Gasteiger partial charge in [0.2, 0.25) is 5.95 Å². The molecule has 0 spiro atoms. The minimum atomic E-state index is -0.257. The van der Waals surface area contributed by atoms with Crippen molar-refractivity contribution < 1.29 is 14.2 Å². The van der Waals surface area contributed by atoms with E-state index in [1.54, 1.807) is 30.3 Å². The first kappa shape index (κ1) is 26.0. The summed E-state index contributed by atoms with van der Waals surface area (Å²) in [6, 6.07) is 13.7. The summed E-state index contributed by atoms with van der Waals surface area (Å²) in [5, 5.41) is 24.0. The summed E-state index contributed by atoms with van der Waals surface area (Å²) in [5.41, 5.74) is 4.01. The summed E-state index contributed by atoms with van der Waals surface area (Å²) in [6.45, 7) is 6.52. The van der Waals surface area contributed by atoms with Gasteiger partial charge in [-0.05, 0) is 52.7 Å². The van der Waals surface area contributed by atoms with Crippen LogP contribution in [0.1, 0.15) is 18.1 Å². The van der Waals surface area contributed by atoms with E-state index in [0.29, 0.717) is 29.6 Å². The third-order valence-electron chi connectivity index (χ3n) is 6.27. The molecule has 200 valence electrons. The number of methoxy groups -OCH3 is 1. The van der Waals surface area contributed by atoms with Crippen LogP contribution in [0.4, 0.5) is 11.6 Å². The lowest BCUT2D eigenvalue weighted by Crippen LogP contribution is -2.35. The molecule has 12 heteroatoms. The van der Waals surface area contributed by atoms with Crippen molar-refractivity contribution >= 4 is 11.6 Å². The number of hydrogen-bond acceptors (Lipinski definition) is 11. The summed E-state index contributed by atoms with van der Waals surface area (Å²) in [5.74, 6) is 1.62. The maximum absolute atomic E-state index is 9.56. The van der Waals surface area contributed by atoms with E-state index >= 15 is 0 Å². The van der Waals surface area contributed by atoms with Crippen molar-refractivity contribution in [3.05, 3.63) is 66.2 Å². The van der Waals surface area contributed by atoms with E-state index in [0.717, 1.165) is 55.2 Å². The van der Waals surface area contributed by atoms with Gasteiger partial charge in [-0.1, -0.05) is 12.1 Å². The molecular formula is C27H29N9O3. The first-order valence-electron chi connectivity index (χ1n) is 12.6. The molecule has 4 aromatic rings. The number of rotatable bonds is 10. The minimum absolute atomic E-state index is 0.257. The number of nitrogens with zero attached hydrogens (tertiary/aromatic N) is 8. The lowest BCUT2D eigenvalue weighted by atomic mass is 10.1. The second-order valence-electron chi connectivity index (χ2n) is 9.13. The Morgan fingerprint density at radius 2 is 1.90 bits per heavy atom. The smallest absolute Gasteiger partial charge is 0.227 e. The first-order chi connectivity index (χ1) is 19.1. The second-order valence-corrected chi connectivity index (χ2v) is 9.13. The Balaban J connectivity index is 1.29. The molecule has 2 aromatic carbocycles. The van der Waals surface area contributed by atoms with Crippen molar-refractivity contribution in [1.82, 2.24) is 35.1 Å². The van der Waals surface area contributed by atoms with Crippen LogP contribution in [0, 0.1) is 11.3 Å². The number of nitrogens with one attached hydrogen (secondary N) is 1. The van der Waals surface area contributed by atoms with Gasteiger partial charge in [-0.15, -0.1) is 5.10 Å². The van der Waals surface area contributed by atoms with Crippen LogP contribution in [-0.4, -0.2) is 74.6 Å².